The number of urea groups is 1. The average molecular weight is 538 g/mol. The van der Waals surface area contributed by atoms with Crippen molar-refractivity contribution in [3.63, 3.8) is 0 Å². The van der Waals surface area contributed by atoms with Crippen LogP contribution in [0.15, 0.2) is 66.7 Å². The number of carbonyl (C=O) groups excluding carboxylic acids is 2. The number of hydrogen-bond donors (Lipinski definition) is 1. The number of benzene rings is 3. The highest BCUT2D eigenvalue weighted by Gasteiger charge is 2.60. The summed E-state index contributed by atoms with van der Waals surface area (Å²) < 4.78 is 12.0. The predicted molar refractivity (Wildman–Crippen MR) is 156 cm³/mol. The maximum absolute atomic E-state index is 14.3. The van der Waals surface area contributed by atoms with E-state index in [0.29, 0.717) is 36.9 Å². The summed E-state index contributed by atoms with van der Waals surface area (Å²) in [5.41, 5.74) is 4.23. The van der Waals surface area contributed by atoms with Gasteiger partial charge in [-0.25, -0.2) is 9.69 Å². The largest absolute Gasteiger partial charge is 0.490 e. The number of carbonyl (C=O) groups is 2. The number of aryl methyl sites for hydroxylation is 1. The van der Waals surface area contributed by atoms with Gasteiger partial charge in [0, 0.05) is 23.4 Å². The van der Waals surface area contributed by atoms with Gasteiger partial charge in [0.15, 0.2) is 17.0 Å². The standard InChI is InChI=1S/C33H35N3O4/c1-5-18-40-27-17-16-22(19-28(27)39-7-3)24-20-35-32(38)36(26-15-11-8-12-21(26)6-2)31(37)33(35,4)30-29(24)23-13-9-10-14-25(23)34-30/h8-17,19,24,34H,5-7,18,20H2,1-4H3. The minimum atomic E-state index is -1.16. The lowest BCUT2D eigenvalue weighted by Crippen LogP contribution is -2.50. The van der Waals surface area contributed by atoms with Crippen LogP contribution in [0.3, 0.4) is 0 Å². The van der Waals surface area contributed by atoms with Crippen molar-refractivity contribution < 1.29 is 19.1 Å². The number of H-pyrrole nitrogens is 1. The first-order chi connectivity index (χ1) is 19.4. The number of nitrogens with one attached hydrogen (secondary N) is 1. The average Bonchev–Trinajstić information content (AvgIpc) is 3.46. The molecule has 3 amide bonds. The van der Waals surface area contributed by atoms with E-state index < -0.39 is 5.54 Å². The van der Waals surface area contributed by atoms with Gasteiger partial charge in [0.2, 0.25) is 0 Å². The Morgan fingerprint density at radius 1 is 0.950 bits per heavy atom. The summed E-state index contributed by atoms with van der Waals surface area (Å²) in [5, 5.41) is 1.06. The molecule has 0 bridgehead atoms. The first-order valence-corrected chi connectivity index (χ1v) is 14.2. The van der Waals surface area contributed by atoms with Gasteiger partial charge < -0.3 is 19.4 Å². The number of fused-ring (bicyclic) bond motifs is 5. The third-order valence-electron chi connectivity index (χ3n) is 8.27. The van der Waals surface area contributed by atoms with E-state index in [1.807, 2.05) is 75.4 Å². The highest BCUT2D eigenvalue weighted by molar-refractivity contribution is 6.24. The lowest BCUT2D eigenvalue weighted by Gasteiger charge is -2.40. The molecule has 7 heteroatoms. The van der Waals surface area contributed by atoms with Crippen LogP contribution >= 0.6 is 0 Å². The molecule has 3 aromatic carbocycles. The fraction of sp³-hybridized carbons (Fsp3) is 0.333. The van der Waals surface area contributed by atoms with Gasteiger partial charge in [-0.2, -0.15) is 0 Å². The molecule has 2 atom stereocenters. The molecule has 2 unspecified atom stereocenters. The fourth-order valence-corrected chi connectivity index (χ4v) is 6.27. The third kappa shape index (κ3) is 3.79. The molecule has 1 aromatic heterocycles. The van der Waals surface area contributed by atoms with Gasteiger partial charge in [-0.3, -0.25) is 4.79 Å². The topological polar surface area (TPSA) is 74.9 Å². The van der Waals surface area contributed by atoms with Gasteiger partial charge in [0.05, 0.1) is 24.6 Å². The zero-order chi connectivity index (χ0) is 28.0. The van der Waals surface area contributed by atoms with Crippen LogP contribution in [0.2, 0.25) is 0 Å². The van der Waals surface area contributed by atoms with Gasteiger partial charge in [-0.1, -0.05) is 56.3 Å². The summed E-state index contributed by atoms with van der Waals surface area (Å²) in [7, 11) is 0. The highest BCUT2D eigenvalue weighted by Crippen LogP contribution is 2.51. The van der Waals surface area contributed by atoms with Crippen LogP contribution in [0.5, 0.6) is 11.5 Å². The number of amides is 3. The molecule has 1 saturated heterocycles. The van der Waals surface area contributed by atoms with E-state index in [1.165, 1.54) is 4.90 Å². The maximum Gasteiger partial charge on any atom is 0.332 e. The van der Waals surface area contributed by atoms with Crippen LogP contribution in [0.1, 0.15) is 62.4 Å². The van der Waals surface area contributed by atoms with E-state index in [9.17, 15) is 9.59 Å². The number of imide groups is 1. The molecule has 0 aliphatic carbocycles. The quantitative estimate of drug-likeness (QED) is 0.252. The molecular formula is C33H35N3O4. The molecule has 2 aliphatic heterocycles. The van der Waals surface area contributed by atoms with E-state index in [-0.39, 0.29) is 17.9 Å². The zero-order valence-corrected chi connectivity index (χ0v) is 23.5. The second kappa shape index (κ2) is 10.0. The smallest absolute Gasteiger partial charge is 0.332 e. The first-order valence-electron chi connectivity index (χ1n) is 14.2. The zero-order valence-electron chi connectivity index (χ0n) is 23.5. The van der Waals surface area contributed by atoms with Gasteiger partial charge in [-0.05, 0) is 67.6 Å². The van der Waals surface area contributed by atoms with Crippen LogP contribution in [0, 0.1) is 0 Å². The van der Waals surface area contributed by atoms with Crippen LogP contribution in [-0.2, 0) is 16.8 Å². The molecule has 7 nitrogen and oxygen atoms in total. The molecule has 40 heavy (non-hydrogen) atoms. The second-order valence-electron chi connectivity index (χ2n) is 10.6. The second-order valence-corrected chi connectivity index (χ2v) is 10.6. The summed E-state index contributed by atoms with van der Waals surface area (Å²) in [6.45, 7) is 9.42. The van der Waals surface area contributed by atoms with Crippen molar-refractivity contribution in [1.29, 1.82) is 0 Å². The minimum Gasteiger partial charge on any atom is -0.490 e. The van der Waals surface area contributed by atoms with E-state index in [1.54, 1.807) is 4.90 Å². The number of rotatable bonds is 8. The lowest BCUT2D eigenvalue weighted by molar-refractivity contribution is -0.125. The number of para-hydroxylation sites is 2. The van der Waals surface area contributed by atoms with Crippen LogP contribution in [0.4, 0.5) is 10.5 Å². The molecule has 4 aromatic rings. The fourth-order valence-electron chi connectivity index (χ4n) is 6.27. The minimum absolute atomic E-state index is 0.170. The number of aromatic nitrogens is 1. The Labute approximate surface area is 234 Å². The summed E-state index contributed by atoms with van der Waals surface area (Å²) in [6.07, 6.45) is 1.62. The van der Waals surface area contributed by atoms with Gasteiger partial charge in [0.1, 0.15) is 0 Å². The molecule has 206 valence electrons. The Morgan fingerprint density at radius 3 is 2.50 bits per heavy atom. The Morgan fingerprint density at radius 2 is 1.73 bits per heavy atom. The Hall–Kier alpha value is -4.26. The van der Waals surface area contributed by atoms with Crippen LogP contribution in [0.25, 0.3) is 10.9 Å². The summed E-state index contributed by atoms with van der Waals surface area (Å²) in [5.74, 6) is 0.993. The van der Waals surface area contributed by atoms with Crippen molar-refractivity contribution in [1.82, 2.24) is 9.88 Å². The molecule has 0 saturated carbocycles. The maximum atomic E-state index is 14.3. The van der Waals surface area contributed by atoms with Gasteiger partial charge in [0.25, 0.3) is 5.91 Å². The first kappa shape index (κ1) is 26.0. The monoisotopic (exact) mass is 537 g/mol. The van der Waals surface area contributed by atoms with Crippen molar-refractivity contribution in [3.8, 4) is 11.5 Å². The van der Waals surface area contributed by atoms with Crippen LogP contribution in [-0.4, -0.2) is 41.6 Å². The Kier molecular flexibility index (Phi) is 6.53. The molecule has 3 heterocycles. The van der Waals surface area contributed by atoms with E-state index in [4.69, 9.17) is 9.47 Å². The predicted octanol–water partition coefficient (Wildman–Crippen LogP) is 6.75. The van der Waals surface area contributed by atoms with Crippen molar-refractivity contribution in [2.75, 3.05) is 24.7 Å². The number of ether oxygens (including phenoxy) is 2. The molecule has 6 rings (SSSR count). The molecule has 1 N–H and O–H groups in total. The van der Waals surface area contributed by atoms with Crippen molar-refractivity contribution >= 4 is 28.5 Å². The van der Waals surface area contributed by atoms with Gasteiger partial charge in [-0.15, -0.1) is 0 Å². The highest BCUT2D eigenvalue weighted by atomic mass is 16.5. The molecule has 0 spiro atoms. The van der Waals surface area contributed by atoms with Crippen LogP contribution < -0.4 is 14.4 Å². The van der Waals surface area contributed by atoms with E-state index in [2.05, 4.69) is 24.0 Å². The normalized spacial score (nSPS) is 20.1. The summed E-state index contributed by atoms with van der Waals surface area (Å²) in [4.78, 5) is 35.1. The SMILES string of the molecule is CCCOc1ccc(C2CN3C(=O)N(c4ccccc4CC)C(=O)C3(C)c3[nH]c4ccccc4c32)cc1OCC. The lowest BCUT2D eigenvalue weighted by atomic mass is 9.78. The number of hydrogen-bond acceptors (Lipinski definition) is 4. The number of aromatic amines is 1. The van der Waals surface area contributed by atoms with Crippen molar-refractivity contribution in [3.05, 3.63) is 89.1 Å². The van der Waals surface area contributed by atoms with E-state index in [0.717, 1.165) is 46.1 Å². The Bertz CT molecular complexity index is 1610. The Balaban J connectivity index is 1.53. The summed E-state index contributed by atoms with van der Waals surface area (Å²) in [6, 6.07) is 21.5. The molecule has 1 fully saturated rings. The molecule has 0 radical (unpaired) electrons. The summed E-state index contributed by atoms with van der Waals surface area (Å²) >= 11 is 0. The third-order valence-corrected chi connectivity index (χ3v) is 8.27. The van der Waals surface area contributed by atoms with Crippen molar-refractivity contribution in [2.45, 2.75) is 52.0 Å². The van der Waals surface area contributed by atoms with E-state index >= 15 is 0 Å². The van der Waals surface area contributed by atoms with Crippen molar-refractivity contribution in [2.24, 2.45) is 0 Å². The number of nitrogens with zero attached hydrogens (tertiary/aromatic N) is 2. The number of anilines is 1. The molecular weight excluding hydrogens is 502 g/mol. The van der Waals surface area contributed by atoms with Gasteiger partial charge >= 0.3 is 6.03 Å². The molecule has 2 aliphatic rings.